The van der Waals surface area contributed by atoms with Crippen LogP contribution in [0, 0.1) is 26.7 Å². The molecular formula is C17H28N2. The molecule has 106 valence electrons. The van der Waals surface area contributed by atoms with E-state index in [-0.39, 0.29) is 0 Å². The molecule has 19 heavy (non-hydrogen) atoms. The maximum absolute atomic E-state index is 3.51. The monoisotopic (exact) mass is 260 g/mol. The second-order valence-electron chi connectivity index (χ2n) is 6.20. The number of benzene rings is 1. The first-order chi connectivity index (χ1) is 9.08. The van der Waals surface area contributed by atoms with Gasteiger partial charge in [-0.05, 0) is 81.9 Å². The van der Waals surface area contributed by atoms with Crippen LogP contribution in [0.5, 0.6) is 0 Å². The zero-order valence-corrected chi connectivity index (χ0v) is 12.9. The molecule has 1 unspecified atom stereocenters. The molecule has 2 nitrogen and oxygen atoms in total. The van der Waals surface area contributed by atoms with E-state index in [1.54, 1.807) is 0 Å². The van der Waals surface area contributed by atoms with E-state index in [1.807, 2.05) is 0 Å². The van der Waals surface area contributed by atoms with Crippen LogP contribution >= 0.6 is 0 Å². The molecule has 0 radical (unpaired) electrons. The normalized spacial score (nSPS) is 19.9. The average molecular weight is 260 g/mol. The van der Waals surface area contributed by atoms with E-state index < -0.39 is 0 Å². The minimum atomic E-state index is 0.825. The Labute approximate surface area is 118 Å². The van der Waals surface area contributed by atoms with Gasteiger partial charge in [0.15, 0.2) is 0 Å². The summed E-state index contributed by atoms with van der Waals surface area (Å²) in [5.41, 5.74) is 5.80. The second-order valence-corrected chi connectivity index (χ2v) is 6.20. The molecule has 1 aromatic rings. The Kier molecular flexibility index (Phi) is 5.00. The molecule has 2 rings (SSSR count). The fourth-order valence-corrected chi connectivity index (χ4v) is 3.06. The molecule has 1 aliphatic heterocycles. The van der Waals surface area contributed by atoms with E-state index in [1.165, 1.54) is 54.7 Å². The molecule has 0 amide bonds. The Bertz CT molecular complexity index is 420. The third-order valence-corrected chi connectivity index (χ3v) is 4.58. The summed E-state index contributed by atoms with van der Waals surface area (Å²) in [7, 11) is 2.25. The van der Waals surface area contributed by atoms with Crippen molar-refractivity contribution >= 4 is 0 Å². The van der Waals surface area contributed by atoms with Gasteiger partial charge in [0.1, 0.15) is 0 Å². The fourth-order valence-electron chi connectivity index (χ4n) is 3.06. The number of nitrogens with one attached hydrogen (secondary N) is 1. The topological polar surface area (TPSA) is 15.3 Å². The molecule has 0 saturated carbocycles. The van der Waals surface area contributed by atoms with Crippen molar-refractivity contribution in [1.82, 2.24) is 10.2 Å². The zero-order chi connectivity index (χ0) is 13.8. The Morgan fingerprint density at radius 1 is 1.21 bits per heavy atom. The Morgan fingerprint density at radius 2 is 2.00 bits per heavy atom. The highest BCUT2D eigenvalue weighted by Gasteiger charge is 2.15. The van der Waals surface area contributed by atoms with E-state index in [2.05, 4.69) is 50.2 Å². The van der Waals surface area contributed by atoms with Crippen LogP contribution in [-0.4, -0.2) is 31.6 Å². The molecule has 1 heterocycles. The number of nitrogens with zero attached hydrogens (tertiary/aromatic N) is 1. The molecular weight excluding hydrogens is 232 g/mol. The average Bonchev–Trinajstić information content (AvgIpc) is 2.41. The van der Waals surface area contributed by atoms with Crippen LogP contribution in [0.4, 0.5) is 0 Å². The van der Waals surface area contributed by atoms with Gasteiger partial charge in [-0.15, -0.1) is 0 Å². The Morgan fingerprint density at radius 3 is 2.68 bits per heavy atom. The smallest absolute Gasteiger partial charge is 0.0233 e. The van der Waals surface area contributed by atoms with Crippen molar-refractivity contribution in [3.63, 3.8) is 0 Å². The molecule has 0 spiro atoms. The zero-order valence-electron chi connectivity index (χ0n) is 12.9. The quantitative estimate of drug-likeness (QED) is 0.895. The lowest BCUT2D eigenvalue weighted by Crippen LogP contribution is -2.36. The third-order valence-electron chi connectivity index (χ3n) is 4.58. The highest BCUT2D eigenvalue weighted by molar-refractivity contribution is 5.38. The third kappa shape index (κ3) is 3.80. The SMILES string of the molecule is Cc1ccc(CN(C)CC2CCCNC2)c(C)c1C. The lowest BCUT2D eigenvalue weighted by atomic mass is 9.97. The molecule has 0 bridgehead atoms. The molecule has 1 aromatic carbocycles. The number of piperidine rings is 1. The van der Waals surface area contributed by atoms with Gasteiger partial charge in [-0.2, -0.15) is 0 Å². The first-order valence-electron chi connectivity index (χ1n) is 7.53. The number of aryl methyl sites for hydroxylation is 1. The maximum Gasteiger partial charge on any atom is 0.0233 e. The molecule has 1 N–H and O–H groups in total. The lowest BCUT2D eigenvalue weighted by Gasteiger charge is -2.28. The molecule has 2 heteroatoms. The van der Waals surface area contributed by atoms with Gasteiger partial charge >= 0.3 is 0 Å². The van der Waals surface area contributed by atoms with Crippen molar-refractivity contribution in [2.75, 3.05) is 26.7 Å². The van der Waals surface area contributed by atoms with Crippen LogP contribution in [0.25, 0.3) is 0 Å². The molecule has 1 atom stereocenters. The Hall–Kier alpha value is -0.860. The summed E-state index contributed by atoms with van der Waals surface area (Å²) in [6.45, 7) is 11.4. The van der Waals surface area contributed by atoms with Crippen molar-refractivity contribution < 1.29 is 0 Å². The van der Waals surface area contributed by atoms with Gasteiger partial charge in [0, 0.05) is 13.1 Å². The Balaban J connectivity index is 1.94. The molecule has 1 aliphatic rings. The minimum Gasteiger partial charge on any atom is -0.316 e. The van der Waals surface area contributed by atoms with Gasteiger partial charge in [-0.1, -0.05) is 12.1 Å². The maximum atomic E-state index is 3.51. The number of rotatable bonds is 4. The van der Waals surface area contributed by atoms with E-state index >= 15 is 0 Å². The largest absolute Gasteiger partial charge is 0.316 e. The molecule has 1 fully saturated rings. The second kappa shape index (κ2) is 6.53. The van der Waals surface area contributed by atoms with Crippen molar-refractivity contribution in [3.8, 4) is 0 Å². The van der Waals surface area contributed by atoms with Crippen molar-refractivity contribution in [3.05, 3.63) is 34.4 Å². The minimum absolute atomic E-state index is 0.825. The van der Waals surface area contributed by atoms with Gasteiger partial charge < -0.3 is 10.2 Å². The van der Waals surface area contributed by atoms with Gasteiger partial charge in [-0.25, -0.2) is 0 Å². The summed E-state index contributed by atoms with van der Waals surface area (Å²) in [6, 6.07) is 4.56. The summed E-state index contributed by atoms with van der Waals surface area (Å²) in [6.07, 6.45) is 2.71. The number of hydrogen-bond acceptors (Lipinski definition) is 2. The van der Waals surface area contributed by atoms with Crippen molar-refractivity contribution in [2.45, 2.75) is 40.2 Å². The number of hydrogen-bond donors (Lipinski definition) is 1. The van der Waals surface area contributed by atoms with Crippen LogP contribution in [0.15, 0.2) is 12.1 Å². The van der Waals surface area contributed by atoms with Crippen LogP contribution in [0.3, 0.4) is 0 Å². The van der Waals surface area contributed by atoms with Gasteiger partial charge in [-0.3, -0.25) is 0 Å². The van der Waals surface area contributed by atoms with E-state index in [4.69, 9.17) is 0 Å². The van der Waals surface area contributed by atoms with Crippen molar-refractivity contribution in [2.24, 2.45) is 5.92 Å². The van der Waals surface area contributed by atoms with Crippen LogP contribution < -0.4 is 5.32 Å². The predicted molar refractivity (Wildman–Crippen MR) is 82.6 cm³/mol. The fraction of sp³-hybridized carbons (Fsp3) is 0.647. The predicted octanol–water partition coefficient (Wildman–Crippen LogP) is 3.04. The van der Waals surface area contributed by atoms with Gasteiger partial charge in [0.2, 0.25) is 0 Å². The van der Waals surface area contributed by atoms with Crippen LogP contribution in [-0.2, 0) is 6.54 Å². The highest BCUT2D eigenvalue weighted by atomic mass is 15.1. The van der Waals surface area contributed by atoms with E-state index in [9.17, 15) is 0 Å². The standard InChI is InChI=1S/C17H28N2/c1-13-7-8-17(15(3)14(13)2)12-19(4)11-16-6-5-9-18-10-16/h7-8,16,18H,5-6,9-12H2,1-4H3. The van der Waals surface area contributed by atoms with E-state index in [0.717, 1.165) is 12.5 Å². The molecule has 0 aliphatic carbocycles. The first kappa shape index (κ1) is 14.5. The summed E-state index contributed by atoms with van der Waals surface area (Å²) < 4.78 is 0. The molecule has 1 saturated heterocycles. The summed E-state index contributed by atoms with van der Waals surface area (Å²) >= 11 is 0. The van der Waals surface area contributed by atoms with Crippen LogP contribution in [0.1, 0.15) is 35.1 Å². The highest BCUT2D eigenvalue weighted by Crippen LogP contribution is 2.19. The first-order valence-corrected chi connectivity index (χ1v) is 7.53. The summed E-state index contributed by atoms with van der Waals surface area (Å²) in [5, 5.41) is 3.51. The van der Waals surface area contributed by atoms with Gasteiger partial charge in [0.25, 0.3) is 0 Å². The van der Waals surface area contributed by atoms with Crippen LogP contribution in [0.2, 0.25) is 0 Å². The molecule has 0 aromatic heterocycles. The summed E-state index contributed by atoms with van der Waals surface area (Å²) in [5.74, 6) is 0.825. The summed E-state index contributed by atoms with van der Waals surface area (Å²) in [4.78, 5) is 2.48. The van der Waals surface area contributed by atoms with Crippen molar-refractivity contribution in [1.29, 1.82) is 0 Å². The van der Waals surface area contributed by atoms with E-state index in [0.29, 0.717) is 0 Å². The lowest BCUT2D eigenvalue weighted by molar-refractivity contribution is 0.237. The van der Waals surface area contributed by atoms with Gasteiger partial charge in [0.05, 0.1) is 0 Å².